The predicted octanol–water partition coefficient (Wildman–Crippen LogP) is 1.88. The van der Waals surface area contributed by atoms with Crippen LogP contribution in [0.5, 0.6) is 0 Å². The molecule has 5 nitrogen and oxygen atoms in total. The monoisotopic (exact) mass is 301 g/mol. The molecule has 114 valence electrons. The minimum absolute atomic E-state index is 0.0835. The fourth-order valence-electron chi connectivity index (χ4n) is 3.10. The Labute approximate surface area is 124 Å². The first-order chi connectivity index (χ1) is 9.20. The highest BCUT2D eigenvalue weighted by Crippen LogP contribution is 2.41. The number of carbonyl (C=O) groups is 2. The zero-order chi connectivity index (χ0) is 15.7. The fraction of sp³-hybridized carbons (Fsp3) is 0.714. The van der Waals surface area contributed by atoms with Gasteiger partial charge in [0.1, 0.15) is 0 Å². The number of nitrogens with one attached hydrogen (secondary N) is 1. The van der Waals surface area contributed by atoms with Gasteiger partial charge in [0.05, 0.1) is 24.1 Å². The summed E-state index contributed by atoms with van der Waals surface area (Å²) in [6, 6.07) is 0. The van der Waals surface area contributed by atoms with Crippen molar-refractivity contribution in [3.8, 4) is 0 Å². The molecular weight excluding hydrogens is 278 g/mol. The Balaban J connectivity index is 3.37. The highest BCUT2D eigenvalue weighted by molar-refractivity contribution is 7.99. The average Bonchev–Trinajstić information content (AvgIpc) is 2.35. The number of methoxy groups -OCH3 is 1. The van der Waals surface area contributed by atoms with Gasteiger partial charge in [0, 0.05) is 16.9 Å². The number of carboxylic acids is 1. The van der Waals surface area contributed by atoms with E-state index < -0.39 is 29.3 Å². The molecule has 0 radical (unpaired) electrons. The van der Waals surface area contributed by atoms with Gasteiger partial charge in [-0.05, 0) is 20.1 Å². The molecule has 0 saturated carbocycles. The van der Waals surface area contributed by atoms with E-state index in [9.17, 15) is 14.7 Å². The molecule has 0 aromatic rings. The van der Waals surface area contributed by atoms with Crippen molar-refractivity contribution < 1.29 is 19.4 Å². The Morgan fingerprint density at radius 1 is 1.50 bits per heavy atom. The topological polar surface area (TPSA) is 75.6 Å². The van der Waals surface area contributed by atoms with E-state index in [0.717, 1.165) is 0 Å². The first-order valence-corrected chi connectivity index (χ1v) is 7.82. The van der Waals surface area contributed by atoms with Crippen LogP contribution in [0.1, 0.15) is 27.7 Å². The van der Waals surface area contributed by atoms with Gasteiger partial charge in [-0.1, -0.05) is 13.8 Å². The summed E-state index contributed by atoms with van der Waals surface area (Å²) in [5.41, 5.74) is 0.502. The van der Waals surface area contributed by atoms with Crippen molar-refractivity contribution in [1.82, 2.24) is 5.32 Å². The summed E-state index contributed by atoms with van der Waals surface area (Å²) in [5.74, 6) is -2.46. The molecule has 1 heterocycles. The van der Waals surface area contributed by atoms with Crippen LogP contribution >= 0.6 is 11.8 Å². The minimum Gasteiger partial charge on any atom is -0.481 e. The first-order valence-electron chi connectivity index (χ1n) is 6.53. The van der Waals surface area contributed by atoms with Crippen LogP contribution in [0.25, 0.3) is 0 Å². The molecule has 0 saturated heterocycles. The lowest BCUT2D eigenvalue weighted by Gasteiger charge is -2.47. The third-order valence-electron chi connectivity index (χ3n) is 4.33. The highest BCUT2D eigenvalue weighted by atomic mass is 32.2. The number of carboxylic acid groups (broad SMARTS) is 1. The number of aliphatic carboxylic acids is 1. The molecular formula is C14H23NO4S. The molecule has 6 heteroatoms. The number of allylic oxidation sites excluding steroid dienone is 1. The van der Waals surface area contributed by atoms with Crippen LogP contribution in [0.3, 0.4) is 0 Å². The maximum absolute atomic E-state index is 11.9. The lowest BCUT2D eigenvalue weighted by molar-refractivity contribution is -0.147. The van der Waals surface area contributed by atoms with E-state index in [0.29, 0.717) is 11.3 Å². The molecule has 1 aliphatic rings. The summed E-state index contributed by atoms with van der Waals surface area (Å²) in [4.78, 5) is 23.6. The SMILES string of the molecule is COC(=O)C1=C(C)NC(C)(C(C)SC)C(C(=O)O)C1C. The Morgan fingerprint density at radius 3 is 2.45 bits per heavy atom. The lowest BCUT2D eigenvalue weighted by atomic mass is 9.69. The number of thioether (sulfide) groups is 1. The van der Waals surface area contributed by atoms with Crippen molar-refractivity contribution in [2.24, 2.45) is 11.8 Å². The van der Waals surface area contributed by atoms with Crippen LogP contribution in [0, 0.1) is 11.8 Å². The van der Waals surface area contributed by atoms with Gasteiger partial charge >= 0.3 is 11.9 Å². The van der Waals surface area contributed by atoms with Crippen molar-refractivity contribution in [3.05, 3.63) is 11.3 Å². The van der Waals surface area contributed by atoms with E-state index in [2.05, 4.69) is 5.32 Å². The van der Waals surface area contributed by atoms with E-state index in [4.69, 9.17) is 4.74 Å². The van der Waals surface area contributed by atoms with Crippen LogP contribution in [0.4, 0.5) is 0 Å². The van der Waals surface area contributed by atoms with Gasteiger partial charge in [0.25, 0.3) is 0 Å². The third kappa shape index (κ3) is 2.66. The van der Waals surface area contributed by atoms with E-state index in [1.807, 2.05) is 20.1 Å². The summed E-state index contributed by atoms with van der Waals surface area (Å²) in [5, 5.41) is 13.0. The van der Waals surface area contributed by atoms with Gasteiger partial charge in [-0.3, -0.25) is 4.79 Å². The second-order valence-electron chi connectivity index (χ2n) is 5.42. The summed E-state index contributed by atoms with van der Waals surface area (Å²) in [7, 11) is 1.31. The standard InChI is InChI=1S/C14H23NO4S/c1-7-10(13(18)19-5)8(2)15-14(4,9(3)20-6)11(7)12(16)17/h7,9,11,15H,1-6H3,(H,16,17). The fourth-order valence-corrected chi connectivity index (χ4v) is 3.79. The maximum Gasteiger partial charge on any atom is 0.335 e. The van der Waals surface area contributed by atoms with E-state index in [1.165, 1.54) is 7.11 Å². The number of esters is 1. The first kappa shape index (κ1) is 16.9. The van der Waals surface area contributed by atoms with Crippen molar-refractivity contribution in [2.75, 3.05) is 13.4 Å². The van der Waals surface area contributed by atoms with Gasteiger partial charge in [0.15, 0.2) is 0 Å². The number of hydrogen-bond donors (Lipinski definition) is 2. The normalized spacial score (nSPS) is 31.5. The van der Waals surface area contributed by atoms with Crippen LogP contribution in [-0.2, 0) is 14.3 Å². The van der Waals surface area contributed by atoms with Gasteiger partial charge in [-0.25, -0.2) is 4.79 Å². The van der Waals surface area contributed by atoms with Crippen LogP contribution in [-0.4, -0.2) is 41.2 Å². The molecule has 1 aliphatic heterocycles. The number of ether oxygens (including phenoxy) is 1. The van der Waals surface area contributed by atoms with Crippen molar-refractivity contribution in [2.45, 2.75) is 38.5 Å². The van der Waals surface area contributed by atoms with E-state index in [1.54, 1.807) is 25.6 Å². The van der Waals surface area contributed by atoms with Gasteiger partial charge in [-0.2, -0.15) is 11.8 Å². The smallest absolute Gasteiger partial charge is 0.335 e. The molecule has 1 rings (SSSR count). The Bertz CT molecular complexity index is 448. The van der Waals surface area contributed by atoms with Crippen molar-refractivity contribution in [3.63, 3.8) is 0 Å². The second-order valence-corrected chi connectivity index (χ2v) is 6.60. The van der Waals surface area contributed by atoms with E-state index >= 15 is 0 Å². The Hall–Kier alpha value is -1.17. The zero-order valence-electron chi connectivity index (χ0n) is 12.8. The number of rotatable bonds is 4. The van der Waals surface area contributed by atoms with Gasteiger partial charge in [0.2, 0.25) is 0 Å². The molecule has 4 unspecified atom stereocenters. The summed E-state index contributed by atoms with van der Waals surface area (Å²) in [6.45, 7) is 7.48. The molecule has 0 spiro atoms. The molecule has 0 aromatic carbocycles. The van der Waals surface area contributed by atoms with E-state index in [-0.39, 0.29) is 5.25 Å². The second kappa shape index (κ2) is 6.08. The number of hydrogen-bond acceptors (Lipinski definition) is 5. The molecule has 4 atom stereocenters. The molecule has 20 heavy (non-hydrogen) atoms. The highest BCUT2D eigenvalue weighted by Gasteiger charge is 2.51. The molecule has 0 amide bonds. The summed E-state index contributed by atoms with van der Waals surface area (Å²) < 4.78 is 4.78. The Morgan fingerprint density at radius 2 is 2.05 bits per heavy atom. The number of carbonyl (C=O) groups excluding carboxylic acids is 1. The van der Waals surface area contributed by atoms with Crippen molar-refractivity contribution in [1.29, 1.82) is 0 Å². The average molecular weight is 301 g/mol. The predicted molar refractivity (Wildman–Crippen MR) is 79.5 cm³/mol. The van der Waals surface area contributed by atoms with Crippen LogP contribution < -0.4 is 5.32 Å². The third-order valence-corrected chi connectivity index (χ3v) is 5.53. The lowest BCUT2D eigenvalue weighted by Crippen LogP contribution is -2.62. The molecule has 0 bridgehead atoms. The van der Waals surface area contributed by atoms with Crippen LogP contribution in [0.15, 0.2) is 11.3 Å². The largest absolute Gasteiger partial charge is 0.481 e. The molecule has 2 N–H and O–H groups in total. The zero-order valence-corrected chi connectivity index (χ0v) is 13.6. The summed E-state index contributed by atoms with van der Waals surface area (Å²) in [6.07, 6.45) is 1.95. The van der Waals surface area contributed by atoms with Gasteiger partial charge < -0.3 is 15.2 Å². The Kier molecular flexibility index (Phi) is 5.13. The maximum atomic E-state index is 11.9. The molecule has 0 fully saturated rings. The quantitative estimate of drug-likeness (QED) is 0.772. The van der Waals surface area contributed by atoms with Gasteiger partial charge in [-0.15, -0.1) is 0 Å². The minimum atomic E-state index is -0.901. The van der Waals surface area contributed by atoms with Crippen LogP contribution in [0.2, 0.25) is 0 Å². The molecule has 0 aliphatic carbocycles. The van der Waals surface area contributed by atoms with Crippen molar-refractivity contribution >= 4 is 23.7 Å². The molecule has 0 aromatic heterocycles. The summed E-state index contributed by atoms with van der Waals surface area (Å²) >= 11 is 1.61.